The molecule has 144 valence electrons. The first-order valence-corrected chi connectivity index (χ1v) is 10.1. The molecule has 0 bridgehead atoms. The molecule has 2 heterocycles. The minimum absolute atomic E-state index is 0.00269. The fourth-order valence-electron chi connectivity index (χ4n) is 2.73. The van der Waals surface area contributed by atoms with Crippen molar-refractivity contribution in [3.8, 4) is 6.19 Å². The molecule has 1 saturated heterocycles. The standard InChI is InChI=1S/C19H31N5OS/c1-13(2)14(3)24(12-20)17(21)22-18-23(10-15-8-7-9-25-15)11-16(26-18)19(4,5)6/h11,13-15,21H,7-10H2,1-6H3/b21-17?,22-18-/t14-,15+/m0/s1. The molecule has 0 saturated carbocycles. The second-order valence-corrected chi connectivity index (χ2v) is 9.31. The predicted molar refractivity (Wildman–Crippen MR) is 105 cm³/mol. The first-order chi connectivity index (χ1) is 12.1. The van der Waals surface area contributed by atoms with Crippen molar-refractivity contribution in [2.75, 3.05) is 6.61 Å². The number of rotatable bonds is 4. The Balaban J connectivity index is 2.38. The molecule has 2 rings (SSSR count). The highest BCUT2D eigenvalue weighted by Gasteiger charge is 2.23. The van der Waals surface area contributed by atoms with Gasteiger partial charge in [0, 0.05) is 23.7 Å². The third-order valence-electron chi connectivity index (χ3n) is 4.79. The van der Waals surface area contributed by atoms with Gasteiger partial charge in [0.05, 0.1) is 12.6 Å². The number of nitrogens with one attached hydrogen (secondary N) is 1. The van der Waals surface area contributed by atoms with Gasteiger partial charge in [-0.25, -0.2) is 4.90 Å². The second kappa shape index (κ2) is 8.36. The van der Waals surface area contributed by atoms with E-state index in [4.69, 9.17) is 10.1 Å². The zero-order valence-electron chi connectivity index (χ0n) is 16.7. The number of thiazole rings is 1. The van der Waals surface area contributed by atoms with Gasteiger partial charge in [0.15, 0.2) is 11.0 Å². The van der Waals surface area contributed by atoms with Gasteiger partial charge in [-0.05, 0) is 31.1 Å². The lowest BCUT2D eigenvalue weighted by Gasteiger charge is -2.24. The Morgan fingerprint density at radius 2 is 2.19 bits per heavy atom. The van der Waals surface area contributed by atoms with Gasteiger partial charge in [0.2, 0.25) is 5.96 Å². The van der Waals surface area contributed by atoms with E-state index in [9.17, 15) is 5.26 Å². The molecule has 6 nitrogen and oxygen atoms in total. The fraction of sp³-hybridized carbons (Fsp3) is 0.737. The van der Waals surface area contributed by atoms with Crippen molar-refractivity contribution >= 4 is 17.3 Å². The SMILES string of the molecule is CC(C)[C@H](C)N(C#N)C(=N)/N=c1\sc(C(C)(C)C)cn1C[C@H]1CCCO1. The molecule has 0 unspecified atom stereocenters. The van der Waals surface area contributed by atoms with Gasteiger partial charge >= 0.3 is 0 Å². The fourth-order valence-corrected chi connectivity index (χ4v) is 3.79. The van der Waals surface area contributed by atoms with Crippen LogP contribution in [0.5, 0.6) is 0 Å². The zero-order chi connectivity index (χ0) is 19.5. The van der Waals surface area contributed by atoms with E-state index >= 15 is 0 Å². The molecular weight excluding hydrogens is 346 g/mol. The molecule has 1 fully saturated rings. The van der Waals surface area contributed by atoms with Crippen LogP contribution >= 0.6 is 11.3 Å². The zero-order valence-corrected chi connectivity index (χ0v) is 17.6. The maximum absolute atomic E-state index is 9.48. The molecule has 0 radical (unpaired) electrons. The number of guanidine groups is 1. The largest absolute Gasteiger partial charge is 0.376 e. The number of hydrogen-bond acceptors (Lipinski definition) is 4. The van der Waals surface area contributed by atoms with Gasteiger partial charge in [-0.2, -0.15) is 10.3 Å². The summed E-state index contributed by atoms with van der Waals surface area (Å²) in [6, 6.07) is -0.0649. The van der Waals surface area contributed by atoms with E-state index in [0.29, 0.717) is 0 Å². The summed E-state index contributed by atoms with van der Waals surface area (Å²) in [7, 11) is 0. The molecule has 1 aromatic rings. The molecule has 1 aromatic heterocycles. The lowest BCUT2D eigenvalue weighted by Crippen LogP contribution is -2.37. The van der Waals surface area contributed by atoms with Crippen LogP contribution in [0.1, 0.15) is 59.3 Å². The molecule has 0 aliphatic carbocycles. The first-order valence-electron chi connectivity index (χ1n) is 9.28. The Morgan fingerprint density at radius 3 is 2.69 bits per heavy atom. The smallest absolute Gasteiger partial charge is 0.234 e. The molecule has 7 heteroatoms. The number of nitrogens with zero attached hydrogens (tertiary/aromatic N) is 4. The van der Waals surface area contributed by atoms with Crippen LogP contribution in [0.4, 0.5) is 0 Å². The minimum Gasteiger partial charge on any atom is -0.376 e. The lowest BCUT2D eigenvalue weighted by molar-refractivity contribution is 0.0963. The van der Waals surface area contributed by atoms with Crippen molar-refractivity contribution in [1.82, 2.24) is 9.47 Å². The van der Waals surface area contributed by atoms with E-state index in [1.165, 1.54) is 9.78 Å². The van der Waals surface area contributed by atoms with Crippen LogP contribution in [0, 0.1) is 22.8 Å². The predicted octanol–water partition coefficient (Wildman–Crippen LogP) is 3.69. The van der Waals surface area contributed by atoms with Crippen LogP contribution in [0.15, 0.2) is 11.2 Å². The first kappa shape index (κ1) is 20.7. The molecular formula is C19H31N5OS. The van der Waals surface area contributed by atoms with Crippen molar-refractivity contribution in [2.24, 2.45) is 10.9 Å². The summed E-state index contributed by atoms with van der Waals surface area (Å²) in [6.45, 7) is 14.1. The molecule has 2 atom stereocenters. The Hall–Kier alpha value is -1.65. The Bertz CT molecular complexity index is 728. The van der Waals surface area contributed by atoms with Crippen molar-refractivity contribution in [3.05, 3.63) is 15.9 Å². The van der Waals surface area contributed by atoms with Gasteiger partial charge in [-0.15, -0.1) is 11.3 Å². The summed E-state index contributed by atoms with van der Waals surface area (Å²) in [5.41, 5.74) is 0.0129. The van der Waals surface area contributed by atoms with Gasteiger partial charge in [0.1, 0.15) is 0 Å². The highest BCUT2D eigenvalue weighted by atomic mass is 32.1. The molecule has 1 aliphatic rings. The number of aromatic nitrogens is 1. The second-order valence-electron chi connectivity index (χ2n) is 8.31. The van der Waals surface area contributed by atoms with Crippen LogP contribution < -0.4 is 4.80 Å². The molecule has 1 aliphatic heterocycles. The average Bonchev–Trinajstić information content (AvgIpc) is 3.18. The van der Waals surface area contributed by atoms with Gasteiger partial charge in [-0.1, -0.05) is 34.6 Å². The number of nitriles is 1. The van der Waals surface area contributed by atoms with Gasteiger partial charge in [0.25, 0.3) is 0 Å². The summed E-state index contributed by atoms with van der Waals surface area (Å²) < 4.78 is 7.86. The number of ether oxygens (including phenoxy) is 1. The van der Waals surface area contributed by atoms with Crippen molar-refractivity contribution in [2.45, 2.75) is 78.5 Å². The van der Waals surface area contributed by atoms with E-state index < -0.39 is 0 Å². The summed E-state index contributed by atoms with van der Waals surface area (Å²) in [5, 5.41) is 17.8. The third-order valence-corrected chi connectivity index (χ3v) is 6.24. The lowest BCUT2D eigenvalue weighted by atomic mass is 9.95. The molecule has 0 aromatic carbocycles. The number of hydrogen-bond donors (Lipinski definition) is 1. The molecule has 0 spiro atoms. The van der Waals surface area contributed by atoms with E-state index in [1.54, 1.807) is 11.3 Å². The monoisotopic (exact) mass is 377 g/mol. The van der Waals surface area contributed by atoms with Crippen molar-refractivity contribution in [1.29, 1.82) is 10.7 Å². The van der Waals surface area contributed by atoms with Gasteiger partial charge < -0.3 is 9.30 Å². The van der Waals surface area contributed by atoms with Crippen LogP contribution in [0.3, 0.4) is 0 Å². The molecule has 26 heavy (non-hydrogen) atoms. The van der Waals surface area contributed by atoms with E-state index in [1.807, 2.05) is 20.8 Å². The molecule has 1 N–H and O–H groups in total. The van der Waals surface area contributed by atoms with Gasteiger partial charge in [-0.3, -0.25) is 5.41 Å². The highest BCUT2D eigenvalue weighted by molar-refractivity contribution is 7.09. The summed E-state index contributed by atoms with van der Waals surface area (Å²) in [4.78, 5) is 7.88. The summed E-state index contributed by atoms with van der Waals surface area (Å²) in [5.74, 6) is 0.259. The maximum atomic E-state index is 9.48. The highest BCUT2D eigenvalue weighted by Crippen LogP contribution is 2.25. The van der Waals surface area contributed by atoms with Crippen LogP contribution in [-0.4, -0.2) is 34.2 Å². The maximum Gasteiger partial charge on any atom is 0.234 e. The van der Waals surface area contributed by atoms with E-state index in [2.05, 4.69) is 42.7 Å². The Morgan fingerprint density at radius 1 is 1.50 bits per heavy atom. The normalized spacial score (nSPS) is 19.6. The topological polar surface area (TPSA) is 77.4 Å². The van der Waals surface area contributed by atoms with Crippen LogP contribution in [-0.2, 0) is 16.7 Å². The minimum atomic E-state index is -0.0649. The van der Waals surface area contributed by atoms with Crippen LogP contribution in [0.2, 0.25) is 0 Å². The van der Waals surface area contributed by atoms with E-state index in [0.717, 1.165) is 30.8 Å². The van der Waals surface area contributed by atoms with Crippen molar-refractivity contribution < 1.29 is 4.74 Å². The van der Waals surface area contributed by atoms with Crippen LogP contribution in [0.25, 0.3) is 0 Å². The summed E-state index contributed by atoms with van der Waals surface area (Å²) >= 11 is 1.59. The summed E-state index contributed by atoms with van der Waals surface area (Å²) in [6.07, 6.45) is 6.60. The Labute approximate surface area is 160 Å². The molecule has 0 amide bonds. The third kappa shape index (κ3) is 4.95. The van der Waals surface area contributed by atoms with E-state index in [-0.39, 0.29) is 29.4 Å². The Kier molecular flexibility index (Phi) is 6.64. The quantitative estimate of drug-likeness (QED) is 0.376. The average molecular weight is 378 g/mol. The van der Waals surface area contributed by atoms with Crippen molar-refractivity contribution in [3.63, 3.8) is 0 Å².